The van der Waals surface area contributed by atoms with Crippen molar-refractivity contribution in [3.05, 3.63) is 30.3 Å². The zero-order valence-electron chi connectivity index (χ0n) is 12.0. The third kappa shape index (κ3) is 3.05. The summed E-state index contributed by atoms with van der Waals surface area (Å²) in [6.07, 6.45) is 1.22. The van der Waals surface area contributed by atoms with Crippen molar-refractivity contribution in [1.82, 2.24) is 10.2 Å². The summed E-state index contributed by atoms with van der Waals surface area (Å²) in [6, 6.07) is 8.79. The molecule has 2 amide bonds. The molecule has 1 aliphatic heterocycles. The zero-order valence-corrected chi connectivity index (χ0v) is 12.0. The Morgan fingerprint density at radius 3 is 2.65 bits per heavy atom. The first-order valence-electron chi connectivity index (χ1n) is 6.92. The van der Waals surface area contributed by atoms with E-state index in [1.54, 1.807) is 12.1 Å². The quantitative estimate of drug-likeness (QED) is 0.618. The van der Waals surface area contributed by atoms with Crippen LogP contribution in [0.2, 0.25) is 0 Å². The van der Waals surface area contributed by atoms with E-state index in [0.29, 0.717) is 5.69 Å². The maximum atomic E-state index is 12.4. The average Bonchev–Trinajstić information content (AvgIpc) is 2.75. The Morgan fingerprint density at radius 2 is 2.00 bits per heavy atom. The van der Waals surface area contributed by atoms with E-state index in [4.69, 9.17) is 0 Å². The van der Waals surface area contributed by atoms with Crippen LogP contribution in [0.3, 0.4) is 0 Å². The summed E-state index contributed by atoms with van der Waals surface area (Å²) < 4.78 is 0. The van der Waals surface area contributed by atoms with E-state index >= 15 is 0 Å². The molecule has 1 fully saturated rings. The summed E-state index contributed by atoms with van der Waals surface area (Å²) in [6.45, 7) is 1.70. The first-order chi connectivity index (χ1) is 9.65. The molecule has 1 aromatic rings. The number of hydrogen-bond acceptors (Lipinski definition) is 4. The molecule has 1 atom stereocenters. The largest absolute Gasteiger partial charge is 0.320 e. The second kappa shape index (κ2) is 6.63. The Balaban J connectivity index is 2.05. The molecule has 1 heterocycles. The van der Waals surface area contributed by atoms with E-state index in [2.05, 4.69) is 5.32 Å². The summed E-state index contributed by atoms with van der Waals surface area (Å²) in [5, 5.41) is 3.08. The van der Waals surface area contributed by atoms with Crippen LogP contribution in [-0.2, 0) is 9.59 Å². The van der Waals surface area contributed by atoms with Crippen LogP contribution < -0.4 is 10.2 Å². The molecule has 1 unspecified atom stereocenters. The van der Waals surface area contributed by atoms with E-state index in [9.17, 15) is 9.59 Å². The Hall–Kier alpha value is -1.72. The van der Waals surface area contributed by atoms with Gasteiger partial charge in [-0.05, 0) is 45.7 Å². The molecule has 1 N–H and O–H groups in total. The Morgan fingerprint density at radius 1 is 1.30 bits per heavy atom. The predicted octanol–water partition coefficient (Wildman–Crippen LogP) is 0.860. The smallest absolute Gasteiger partial charge is 0.251 e. The highest BCUT2D eigenvalue weighted by molar-refractivity contribution is 6.22. The van der Waals surface area contributed by atoms with Crippen LogP contribution in [-0.4, -0.2) is 49.9 Å². The highest BCUT2D eigenvalue weighted by Crippen LogP contribution is 2.24. The lowest BCUT2D eigenvalue weighted by Crippen LogP contribution is -2.40. The van der Waals surface area contributed by atoms with Crippen molar-refractivity contribution in [2.24, 2.45) is 0 Å². The number of para-hydroxylation sites is 1. The number of nitrogens with one attached hydrogen (secondary N) is 1. The van der Waals surface area contributed by atoms with Crippen molar-refractivity contribution in [3.63, 3.8) is 0 Å². The maximum Gasteiger partial charge on any atom is 0.251 e. The topological polar surface area (TPSA) is 52.7 Å². The van der Waals surface area contributed by atoms with E-state index in [1.165, 1.54) is 4.90 Å². The molecule has 0 aromatic heterocycles. The normalized spacial score (nSPS) is 19.1. The number of rotatable bonds is 6. The molecule has 5 nitrogen and oxygen atoms in total. The van der Waals surface area contributed by atoms with E-state index < -0.39 is 0 Å². The number of anilines is 1. The predicted molar refractivity (Wildman–Crippen MR) is 78.5 cm³/mol. The Bertz CT molecular complexity index is 475. The summed E-state index contributed by atoms with van der Waals surface area (Å²) in [5.41, 5.74) is 0.661. The van der Waals surface area contributed by atoms with Crippen molar-refractivity contribution in [1.29, 1.82) is 0 Å². The molecule has 0 bridgehead atoms. The summed E-state index contributed by atoms with van der Waals surface area (Å²) in [4.78, 5) is 27.8. The van der Waals surface area contributed by atoms with Gasteiger partial charge in [-0.2, -0.15) is 0 Å². The van der Waals surface area contributed by atoms with Gasteiger partial charge in [-0.25, -0.2) is 4.90 Å². The number of amides is 2. The molecule has 1 saturated heterocycles. The van der Waals surface area contributed by atoms with E-state index in [-0.39, 0.29) is 24.3 Å². The highest BCUT2D eigenvalue weighted by atomic mass is 16.2. The lowest BCUT2D eigenvalue weighted by molar-refractivity contribution is -0.122. The molecule has 1 aliphatic rings. The van der Waals surface area contributed by atoms with Crippen molar-refractivity contribution in [2.75, 3.05) is 32.1 Å². The van der Waals surface area contributed by atoms with Gasteiger partial charge in [-0.15, -0.1) is 0 Å². The van der Waals surface area contributed by atoms with Gasteiger partial charge in [0.15, 0.2) is 0 Å². The minimum Gasteiger partial charge on any atom is -0.320 e. The molecule has 0 aliphatic carbocycles. The number of hydrogen-bond donors (Lipinski definition) is 1. The van der Waals surface area contributed by atoms with Crippen molar-refractivity contribution in [3.8, 4) is 0 Å². The molecule has 2 rings (SSSR count). The highest BCUT2D eigenvalue weighted by Gasteiger charge is 2.41. The fourth-order valence-corrected chi connectivity index (χ4v) is 2.47. The van der Waals surface area contributed by atoms with Gasteiger partial charge in [0, 0.05) is 0 Å². The number of carbonyl (C=O) groups is 2. The summed E-state index contributed by atoms with van der Waals surface area (Å²) in [7, 11) is 3.81. The van der Waals surface area contributed by atoms with Crippen LogP contribution in [0.1, 0.15) is 12.8 Å². The van der Waals surface area contributed by atoms with Gasteiger partial charge in [0.1, 0.15) is 0 Å². The number of carbonyl (C=O) groups excluding carboxylic acids is 2. The molecule has 108 valence electrons. The molecule has 0 spiro atoms. The molecule has 1 aromatic carbocycles. The van der Waals surface area contributed by atoms with Crippen molar-refractivity contribution in [2.45, 2.75) is 18.9 Å². The fraction of sp³-hybridized carbons (Fsp3) is 0.467. The van der Waals surface area contributed by atoms with Gasteiger partial charge in [-0.1, -0.05) is 18.2 Å². The van der Waals surface area contributed by atoms with Crippen LogP contribution in [0.15, 0.2) is 30.3 Å². The van der Waals surface area contributed by atoms with Gasteiger partial charge in [-0.3, -0.25) is 14.5 Å². The molecular formula is C15H21N3O2. The third-order valence-corrected chi connectivity index (χ3v) is 3.61. The standard InChI is InChI=1S/C15H21N3O2/c1-16-9-6-10-17(2)13-11-14(19)18(15(13)20)12-7-4-3-5-8-12/h3-5,7-8,13,16H,6,9-11H2,1-2H3. The number of likely N-dealkylation sites (N-methyl/N-ethyl adjacent to an activating group) is 1. The van der Waals surface area contributed by atoms with Crippen LogP contribution in [0.4, 0.5) is 5.69 Å². The second-order valence-corrected chi connectivity index (χ2v) is 5.06. The monoisotopic (exact) mass is 275 g/mol. The van der Waals surface area contributed by atoms with Gasteiger partial charge >= 0.3 is 0 Å². The van der Waals surface area contributed by atoms with Crippen LogP contribution in [0.25, 0.3) is 0 Å². The lowest BCUT2D eigenvalue weighted by atomic mass is 10.2. The molecule has 20 heavy (non-hydrogen) atoms. The maximum absolute atomic E-state index is 12.4. The van der Waals surface area contributed by atoms with Gasteiger partial charge in [0.05, 0.1) is 18.2 Å². The van der Waals surface area contributed by atoms with Gasteiger partial charge in [0.2, 0.25) is 5.91 Å². The third-order valence-electron chi connectivity index (χ3n) is 3.61. The Labute approximate surface area is 119 Å². The summed E-state index contributed by atoms with van der Waals surface area (Å²) in [5.74, 6) is -0.236. The molecule has 5 heteroatoms. The number of imide groups is 1. The summed E-state index contributed by atoms with van der Waals surface area (Å²) >= 11 is 0. The van der Waals surface area contributed by atoms with Crippen molar-refractivity contribution >= 4 is 17.5 Å². The van der Waals surface area contributed by atoms with E-state index in [0.717, 1.165) is 19.5 Å². The van der Waals surface area contributed by atoms with Crippen LogP contribution in [0, 0.1) is 0 Å². The number of nitrogens with zero attached hydrogens (tertiary/aromatic N) is 2. The van der Waals surface area contributed by atoms with Crippen LogP contribution in [0.5, 0.6) is 0 Å². The first kappa shape index (κ1) is 14.7. The second-order valence-electron chi connectivity index (χ2n) is 5.06. The minimum absolute atomic E-state index is 0.117. The minimum atomic E-state index is -0.334. The average molecular weight is 275 g/mol. The molecular weight excluding hydrogens is 254 g/mol. The first-order valence-corrected chi connectivity index (χ1v) is 6.92. The van der Waals surface area contributed by atoms with Crippen LogP contribution >= 0.6 is 0 Å². The zero-order chi connectivity index (χ0) is 14.5. The lowest BCUT2D eigenvalue weighted by Gasteiger charge is -2.22. The van der Waals surface area contributed by atoms with Gasteiger partial charge < -0.3 is 5.32 Å². The van der Waals surface area contributed by atoms with E-state index in [1.807, 2.05) is 37.2 Å². The number of benzene rings is 1. The van der Waals surface area contributed by atoms with Crippen molar-refractivity contribution < 1.29 is 9.59 Å². The van der Waals surface area contributed by atoms with Gasteiger partial charge in [0.25, 0.3) is 5.91 Å². The SMILES string of the molecule is CNCCCN(C)C1CC(=O)N(c2ccccc2)C1=O. The molecule has 0 radical (unpaired) electrons. The fourth-order valence-electron chi connectivity index (χ4n) is 2.47. The Kier molecular flexibility index (Phi) is 4.87. The molecule has 0 saturated carbocycles.